The van der Waals surface area contributed by atoms with Gasteiger partial charge in [-0.05, 0) is 0 Å². The summed E-state index contributed by atoms with van der Waals surface area (Å²) < 4.78 is 3.49. The third-order valence-corrected chi connectivity index (χ3v) is 1.96. The molecule has 1 aromatic rings. The van der Waals surface area contributed by atoms with Gasteiger partial charge in [0, 0.05) is 11.5 Å². The zero-order valence-electron chi connectivity index (χ0n) is 7.38. The highest BCUT2D eigenvalue weighted by Crippen LogP contribution is 2.08. The molecular weight excluding hydrogens is 224 g/mol. The van der Waals surface area contributed by atoms with E-state index in [9.17, 15) is 9.59 Å². The van der Waals surface area contributed by atoms with Gasteiger partial charge in [-0.2, -0.15) is 0 Å². The Labute approximate surface area is 88.1 Å². The van der Waals surface area contributed by atoms with Gasteiger partial charge in [0.1, 0.15) is 5.00 Å². The van der Waals surface area contributed by atoms with Crippen LogP contribution in [0, 0.1) is 0 Å². The fourth-order valence-electron chi connectivity index (χ4n) is 0.714. The van der Waals surface area contributed by atoms with Crippen molar-refractivity contribution in [3.8, 4) is 0 Å². The summed E-state index contributed by atoms with van der Waals surface area (Å²) in [6.45, 7) is -0.677. The molecule has 2 amide bonds. The maximum Gasteiger partial charge on any atom is 0.328 e. The number of anilines is 1. The van der Waals surface area contributed by atoms with Gasteiger partial charge in [0.05, 0.1) is 12.8 Å². The number of carboxylic acids is 1. The number of hydrogen-bond donors (Lipinski definition) is 4. The zero-order valence-corrected chi connectivity index (χ0v) is 8.19. The second kappa shape index (κ2) is 5.22. The monoisotopic (exact) mass is 232 g/mol. The van der Waals surface area contributed by atoms with E-state index in [0.717, 1.165) is 11.5 Å². The minimum absolute atomic E-state index is 0.384. The van der Waals surface area contributed by atoms with Gasteiger partial charge in [-0.3, -0.25) is 5.32 Å². The molecule has 8 nitrogen and oxygen atoms in total. The van der Waals surface area contributed by atoms with Crippen LogP contribution >= 0.6 is 11.5 Å². The van der Waals surface area contributed by atoms with Gasteiger partial charge in [-0.15, -0.1) is 5.10 Å². The molecule has 0 saturated heterocycles. The minimum atomic E-state index is -1.33. The van der Waals surface area contributed by atoms with E-state index < -0.39 is 24.6 Å². The van der Waals surface area contributed by atoms with Gasteiger partial charge in [-0.1, -0.05) is 4.49 Å². The van der Waals surface area contributed by atoms with Crippen LogP contribution in [0.25, 0.3) is 0 Å². The molecule has 1 atom stereocenters. The fraction of sp³-hybridized carbons (Fsp3) is 0.333. The number of carboxylic acid groups (broad SMARTS) is 1. The van der Waals surface area contributed by atoms with Crippen molar-refractivity contribution in [1.29, 1.82) is 0 Å². The lowest BCUT2D eigenvalue weighted by molar-refractivity contribution is -0.140. The summed E-state index contributed by atoms with van der Waals surface area (Å²) >= 11 is 0.951. The van der Waals surface area contributed by atoms with Crippen LogP contribution in [0.2, 0.25) is 0 Å². The van der Waals surface area contributed by atoms with Gasteiger partial charge in [0.15, 0.2) is 6.04 Å². The molecule has 0 aliphatic rings. The molecule has 0 spiro atoms. The average molecular weight is 232 g/mol. The normalized spacial score (nSPS) is 11.8. The van der Waals surface area contributed by atoms with Crippen molar-refractivity contribution in [2.45, 2.75) is 6.04 Å². The number of carbonyl (C=O) groups is 2. The number of urea groups is 1. The number of aliphatic carboxylic acids is 1. The lowest BCUT2D eigenvalue weighted by Crippen LogP contribution is -2.45. The topological polar surface area (TPSA) is 124 Å². The molecule has 0 radical (unpaired) electrons. The second-order valence-corrected chi connectivity index (χ2v) is 3.24. The summed E-state index contributed by atoms with van der Waals surface area (Å²) in [5.41, 5.74) is 0. The SMILES string of the molecule is O=C(Nc1cnns1)NC(CO)C(=O)O. The Bertz CT molecular complexity index is 341. The van der Waals surface area contributed by atoms with Crippen molar-refractivity contribution < 1.29 is 19.8 Å². The Morgan fingerprint density at radius 1 is 1.60 bits per heavy atom. The molecule has 15 heavy (non-hydrogen) atoms. The molecule has 0 bridgehead atoms. The lowest BCUT2D eigenvalue weighted by atomic mass is 10.3. The molecule has 0 saturated carbocycles. The summed E-state index contributed by atoms with van der Waals surface area (Å²) in [4.78, 5) is 21.6. The smallest absolute Gasteiger partial charge is 0.328 e. The van der Waals surface area contributed by atoms with Gasteiger partial charge >= 0.3 is 12.0 Å². The minimum Gasteiger partial charge on any atom is -0.480 e. The van der Waals surface area contributed by atoms with Crippen LogP contribution in [0.3, 0.4) is 0 Å². The fourth-order valence-corrected chi connectivity index (χ4v) is 1.13. The molecule has 9 heteroatoms. The highest BCUT2D eigenvalue weighted by Gasteiger charge is 2.18. The predicted molar refractivity (Wildman–Crippen MR) is 50.6 cm³/mol. The number of carbonyl (C=O) groups excluding carboxylic acids is 1. The first-order valence-corrected chi connectivity index (χ1v) is 4.59. The molecule has 4 N–H and O–H groups in total. The van der Waals surface area contributed by atoms with E-state index in [4.69, 9.17) is 10.2 Å². The van der Waals surface area contributed by atoms with E-state index in [1.165, 1.54) is 6.20 Å². The summed E-state index contributed by atoms with van der Waals surface area (Å²) in [5, 5.41) is 25.4. The first-order valence-electron chi connectivity index (χ1n) is 3.82. The average Bonchev–Trinajstić information content (AvgIpc) is 2.66. The third kappa shape index (κ3) is 3.48. The number of hydrogen-bond acceptors (Lipinski definition) is 6. The van der Waals surface area contributed by atoms with Crippen molar-refractivity contribution in [3.63, 3.8) is 0 Å². The lowest BCUT2D eigenvalue weighted by Gasteiger charge is -2.11. The Hall–Kier alpha value is -1.74. The van der Waals surface area contributed by atoms with E-state index in [0.29, 0.717) is 5.00 Å². The number of aliphatic hydroxyl groups excluding tert-OH is 1. The van der Waals surface area contributed by atoms with Crippen molar-refractivity contribution >= 4 is 28.5 Å². The van der Waals surface area contributed by atoms with Crippen LogP contribution in [0.15, 0.2) is 6.20 Å². The molecule has 1 unspecified atom stereocenters. The molecular formula is C6H8N4O4S. The number of rotatable bonds is 4. The Morgan fingerprint density at radius 3 is 2.80 bits per heavy atom. The van der Waals surface area contributed by atoms with Crippen LogP contribution < -0.4 is 10.6 Å². The standard InChI is InChI=1S/C6H8N4O4S/c11-2-3(5(12)13)8-6(14)9-4-1-7-10-15-4/h1,3,11H,2H2,(H,12,13)(H2,8,9,14). The second-order valence-electron chi connectivity index (χ2n) is 2.45. The third-order valence-electron chi connectivity index (χ3n) is 1.38. The molecule has 1 heterocycles. The van der Waals surface area contributed by atoms with Crippen LogP contribution in [-0.4, -0.2) is 44.4 Å². The van der Waals surface area contributed by atoms with Crippen molar-refractivity contribution in [3.05, 3.63) is 6.20 Å². The predicted octanol–water partition coefficient (Wildman–Crippen LogP) is -0.895. The molecule has 0 fully saturated rings. The van der Waals surface area contributed by atoms with Crippen LogP contribution in [0.1, 0.15) is 0 Å². The molecule has 82 valence electrons. The summed E-state index contributed by atoms with van der Waals surface area (Å²) in [5.74, 6) is -1.31. The highest BCUT2D eigenvalue weighted by molar-refractivity contribution is 7.10. The first-order chi connectivity index (χ1) is 7.13. The van der Waals surface area contributed by atoms with Gasteiger partial charge in [-0.25, -0.2) is 9.59 Å². The molecule has 0 aliphatic carbocycles. The summed E-state index contributed by atoms with van der Waals surface area (Å²) in [6, 6.07) is -2.06. The number of aromatic nitrogens is 2. The Morgan fingerprint density at radius 2 is 2.33 bits per heavy atom. The molecule has 1 rings (SSSR count). The van der Waals surface area contributed by atoms with Crippen molar-refractivity contribution in [1.82, 2.24) is 14.9 Å². The van der Waals surface area contributed by atoms with Crippen LogP contribution in [-0.2, 0) is 4.79 Å². The van der Waals surface area contributed by atoms with E-state index in [-0.39, 0.29) is 0 Å². The number of nitrogens with zero attached hydrogens (tertiary/aromatic N) is 2. The highest BCUT2D eigenvalue weighted by atomic mass is 32.1. The molecule has 0 aliphatic heterocycles. The van der Waals surface area contributed by atoms with Gasteiger partial charge in [0.2, 0.25) is 0 Å². The van der Waals surface area contributed by atoms with Gasteiger partial charge < -0.3 is 15.5 Å². The Kier molecular flexibility index (Phi) is 3.94. The maximum atomic E-state index is 11.1. The Balaban J connectivity index is 2.45. The summed E-state index contributed by atoms with van der Waals surface area (Å²) in [7, 11) is 0. The van der Waals surface area contributed by atoms with E-state index in [1.54, 1.807) is 0 Å². The quantitative estimate of drug-likeness (QED) is 0.533. The molecule has 0 aromatic carbocycles. The van der Waals surface area contributed by atoms with E-state index in [1.807, 2.05) is 0 Å². The van der Waals surface area contributed by atoms with Crippen LogP contribution in [0.4, 0.5) is 9.80 Å². The maximum absolute atomic E-state index is 11.1. The van der Waals surface area contributed by atoms with E-state index in [2.05, 4.69) is 20.2 Å². The number of nitrogens with one attached hydrogen (secondary N) is 2. The van der Waals surface area contributed by atoms with E-state index >= 15 is 0 Å². The van der Waals surface area contributed by atoms with Crippen molar-refractivity contribution in [2.24, 2.45) is 0 Å². The molecule has 1 aromatic heterocycles. The number of aliphatic hydroxyl groups is 1. The van der Waals surface area contributed by atoms with Crippen LogP contribution in [0.5, 0.6) is 0 Å². The van der Waals surface area contributed by atoms with Gasteiger partial charge in [0.25, 0.3) is 0 Å². The largest absolute Gasteiger partial charge is 0.480 e. The zero-order chi connectivity index (χ0) is 11.3. The van der Waals surface area contributed by atoms with Crippen molar-refractivity contribution in [2.75, 3.05) is 11.9 Å². The first kappa shape index (κ1) is 11.3. The summed E-state index contributed by atoms with van der Waals surface area (Å²) in [6.07, 6.45) is 1.32. The number of amides is 2.